The Morgan fingerprint density at radius 1 is 1.18 bits per heavy atom. The highest BCUT2D eigenvalue weighted by atomic mass is 16.3. The van der Waals surface area contributed by atoms with Crippen LogP contribution in [0.5, 0.6) is 0 Å². The van der Waals surface area contributed by atoms with Gasteiger partial charge in [0.15, 0.2) is 5.58 Å². The quantitative estimate of drug-likeness (QED) is 0.647. The number of fused-ring (bicyclic) bond motifs is 1. The van der Waals surface area contributed by atoms with Gasteiger partial charge in [-0.2, -0.15) is 0 Å². The van der Waals surface area contributed by atoms with Crippen molar-refractivity contribution in [2.24, 2.45) is 0 Å². The number of aromatic nitrogens is 3. The molecule has 0 atom stereocenters. The molecule has 2 N–H and O–H groups in total. The van der Waals surface area contributed by atoms with Gasteiger partial charge in [-0.3, -0.25) is 9.78 Å². The number of benzene rings is 1. The molecule has 0 spiro atoms. The normalized spacial score (nSPS) is 10.8. The number of hydrogen-bond acceptors (Lipinski definition) is 4. The Labute approximate surface area is 93.9 Å². The third kappa shape index (κ3) is 1.55. The van der Waals surface area contributed by atoms with Crippen molar-refractivity contribution in [2.75, 3.05) is 0 Å². The van der Waals surface area contributed by atoms with Crippen molar-refractivity contribution in [1.29, 1.82) is 0 Å². The SMILES string of the molecule is O=c1[nH]cc(-c2nc3ccccc3o2)c(=O)[nH]1. The van der Waals surface area contributed by atoms with E-state index in [1.165, 1.54) is 6.20 Å². The summed E-state index contributed by atoms with van der Waals surface area (Å²) < 4.78 is 5.42. The predicted molar refractivity (Wildman–Crippen MR) is 60.7 cm³/mol. The van der Waals surface area contributed by atoms with Crippen molar-refractivity contribution < 1.29 is 4.42 Å². The summed E-state index contributed by atoms with van der Waals surface area (Å²) in [4.78, 5) is 31.1. The summed E-state index contributed by atoms with van der Waals surface area (Å²) in [5.74, 6) is 0.184. The molecule has 0 bridgehead atoms. The van der Waals surface area contributed by atoms with Crippen molar-refractivity contribution in [1.82, 2.24) is 15.0 Å². The fourth-order valence-corrected chi connectivity index (χ4v) is 1.56. The Hall–Kier alpha value is -2.63. The lowest BCUT2D eigenvalue weighted by molar-refractivity contribution is 0.618. The lowest BCUT2D eigenvalue weighted by Gasteiger charge is -1.91. The fraction of sp³-hybridized carbons (Fsp3) is 0. The zero-order chi connectivity index (χ0) is 11.8. The van der Waals surface area contributed by atoms with Crippen LogP contribution >= 0.6 is 0 Å². The predicted octanol–water partition coefficient (Wildman–Crippen LogP) is 0.871. The van der Waals surface area contributed by atoms with Crippen molar-refractivity contribution in [2.45, 2.75) is 0 Å². The highest BCUT2D eigenvalue weighted by molar-refractivity contribution is 5.75. The molecule has 3 aromatic rings. The average molecular weight is 229 g/mol. The minimum Gasteiger partial charge on any atom is -0.436 e. The van der Waals surface area contributed by atoms with Gasteiger partial charge in [0.25, 0.3) is 5.56 Å². The number of oxazole rings is 1. The molecule has 0 aliphatic rings. The summed E-state index contributed by atoms with van der Waals surface area (Å²) in [6, 6.07) is 7.17. The minimum absolute atomic E-state index is 0.184. The Balaban J connectivity index is 2.27. The molecule has 0 amide bonds. The molecule has 0 aliphatic heterocycles. The Morgan fingerprint density at radius 2 is 2.00 bits per heavy atom. The van der Waals surface area contributed by atoms with Crippen LogP contribution in [0.3, 0.4) is 0 Å². The van der Waals surface area contributed by atoms with E-state index in [4.69, 9.17) is 4.42 Å². The van der Waals surface area contributed by atoms with Gasteiger partial charge in [-0.15, -0.1) is 0 Å². The molecule has 0 saturated heterocycles. The van der Waals surface area contributed by atoms with E-state index in [0.717, 1.165) is 0 Å². The second kappa shape index (κ2) is 3.44. The zero-order valence-electron chi connectivity index (χ0n) is 8.56. The molecule has 0 fully saturated rings. The molecule has 0 unspecified atom stereocenters. The van der Waals surface area contributed by atoms with Gasteiger partial charge in [0.2, 0.25) is 5.89 Å². The first-order chi connectivity index (χ1) is 8.24. The van der Waals surface area contributed by atoms with Gasteiger partial charge in [0.05, 0.1) is 0 Å². The molecule has 84 valence electrons. The lowest BCUT2D eigenvalue weighted by Crippen LogP contribution is -2.22. The van der Waals surface area contributed by atoms with E-state index in [-0.39, 0.29) is 11.5 Å². The van der Waals surface area contributed by atoms with E-state index in [9.17, 15) is 9.59 Å². The number of hydrogen-bond donors (Lipinski definition) is 2. The van der Waals surface area contributed by atoms with Gasteiger partial charge in [-0.05, 0) is 12.1 Å². The van der Waals surface area contributed by atoms with Crippen LogP contribution in [0.25, 0.3) is 22.6 Å². The second-order valence-corrected chi connectivity index (χ2v) is 3.47. The largest absolute Gasteiger partial charge is 0.436 e. The number of aromatic amines is 2. The number of para-hydroxylation sites is 2. The monoisotopic (exact) mass is 229 g/mol. The van der Waals surface area contributed by atoms with Crippen LogP contribution in [-0.2, 0) is 0 Å². The Kier molecular flexibility index (Phi) is 1.94. The molecule has 6 heteroatoms. The lowest BCUT2D eigenvalue weighted by atomic mass is 10.3. The molecule has 2 aromatic heterocycles. The Bertz CT molecular complexity index is 764. The Morgan fingerprint density at radius 3 is 2.76 bits per heavy atom. The average Bonchev–Trinajstić information content (AvgIpc) is 2.72. The smallest absolute Gasteiger partial charge is 0.325 e. The van der Waals surface area contributed by atoms with Gasteiger partial charge >= 0.3 is 5.69 Å². The van der Waals surface area contributed by atoms with Crippen LogP contribution in [0.4, 0.5) is 0 Å². The summed E-state index contributed by atoms with van der Waals surface area (Å²) >= 11 is 0. The van der Waals surface area contributed by atoms with E-state index in [1.54, 1.807) is 12.1 Å². The molecule has 1 aromatic carbocycles. The number of nitrogens with one attached hydrogen (secondary N) is 2. The summed E-state index contributed by atoms with van der Waals surface area (Å²) in [6.45, 7) is 0. The second-order valence-electron chi connectivity index (χ2n) is 3.47. The highest BCUT2D eigenvalue weighted by Crippen LogP contribution is 2.20. The topological polar surface area (TPSA) is 91.8 Å². The molecule has 0 saturated carbocycles. The molecular formula is C11H7N3O3. The maximum Gasteiger partial charge on any atom is 0.325 e. The van der Waals surface area contributed by atoms with Crippen LogP contribution in [0.15, 0.2) is 44.5 Å². The molecule has 0 radical (unpaired) electrons. The maximum atomic E-state index is 11.5. The van der Waals surface area contributed by atoms with Gasteiger partial charge in [0.1, 0.15) is 11.1 Å². The van der Waals surface area contributed by atoms with Gasteiger partial charge in [-0.25, -0.2) is 9.78 Å². The molecule has 6 nitrogen and oxygen atoms in total. The third-order valence-electron chi connectivity index (χ3n) is 2.34. The van der Waals surface area contributed by atoms with Gasteiger partial charge in [-0.1, -0.05) is 12.1 Å². The first kappa shape index (κ1) is 9.59. The standard InChI is InChI=1S/C11H7N3O3/c15-9-6(5-12-11(16)14-9)10-13-7-3-1-2-4-8(7)17-10/h1-5H,(H2,12,14,15,16). The summed E-state index contributed by atoms with van der Waals surface area (Å²) in [7, 11) is 0. The minimum atomic E-state index is -0.560. The highest BCUT2D eigenvalue weighted by Gasteiger charge is 2.11. The number of rotatable bonds is 1. The summed E-state index contributed by atoms with van der Waals surface area (Å²) in [5.41, 5.74) is 0.358. The molecule has 0 aliphatic carbocycles. The molecule has 2 heterocycles. The van der Waals surface area contributed by atoms with E-state index in [2.05, 4.69) is 15.0 Å². The van der Waals surface area contributed by atoms with Crippen LogP contribution in [0.1, 0.15) is 0 Å². The van der Waals surface area contributed by atoms with Gasteiger partial charge < -0.3 is 9.40 Å². The van der Waals surface area contributed by atoms with Crippen LogP contribution in [0, 0.1) is 0 Å². The van der Waals surface area contributed by atoms with Crippen LogP contribution in [0.2, 0.25) is 0 Å². The van der Waals surface area contributed by atoms with Crippen LogP contribution in [-0.4, -0.2) is 15.0 Å². The van der Waals surface area contributed by atoms with Crippen molar-refractivity contribution in [3.05, 3.63) is 51.3 Å². The molecule has 3 rings (SSSR count). The van der Waals surface area contributed by atoms with Crippen molar-refractivity contribution in [3.8, 4) is 11.5 Å². The summed E-state index contributed by atoms with van der Waals surface area (Å²) in [6.07, 6.45) is 1.28. The number of H-pyrrole nitrogens is 2. The van der Waals surface area contributed by atoms with E-state index in [1.807, 2.05) is 12.1 Å². The number of nitrogens with zero attached hydrogens (tertiary/aromatic N) is 1. The third-order valence-corrected chi connectivity index (χ3v) is 2.34. The summed E-state index contributed by atoms with van der Waals surface area (Å²) in [5, 5.41) is 0. The van der Waals surface area contributed by atoms with Crippen LogP contribution < -0.4 is 11.2 Å². The van der Waals surface area contributed by atoms with Crippen molar-refractivity contribution in [3.63, 3.8) is 0 Å². The van der Waals surface area contributed by atoms with E-state index < -0.39 is 11.2 Å². The molecule has 17 heavy (non-hydrogen) atoms. The fourth-order valence-electron chi connectivity index (χ4n) is 1.56. The first-order valence-electron chi connectivity index (χ1n) is 4.92. The van der Waals surface area contributed by atoms with Gasteiger partial charge in [0, 0.05) is 6.20 Å². The van der Waals surface area contributed by atoms with E-state index in [0.29, 0.717) is 11.1 Å². The first-order valence-corrected chi connectivity index (χ1v) is 4.92. The van der Waals surface area contributed by atoms with E-state index >= 15 is 0 Å². The maximum absolute atomic E-state index is 11.5. The molecular weight excluding hydrogens is 222 g/mol. The van der Waals surface area contributed by atoms with Crippen molar-refractivity contribution >= 4 is 11.1 Å². The zero-order valence-corrected chi connectivity index (χ0v) is 8.56.